The maximum absolute atomic E-state index is 3.48. The van der Waals surface area contributed by atoms with E-state index in [-0.39, 0.29) is 17.1 Å². The van der Waals surface area contributed by atoms with E-state index in [2.05, 4.69) is 80.4 Å². The number of hydrogen-bond donors (Lipinski definition) is 0. The number of hydrogen-bond acceptors (Lipinski definition) is 0. The molecule has 0 aromatic heterocycles. The summed E-state index contributed by atoms with van der Waals surface area (Å²) < 4.78 is 0. The molecule has 2 aromatic rings. The average Bonchev–Trinajstić information content (AvgIpc) is 3.56. The molecular formula is C32H52Br2Fe. The Morgan fingerprint density at radius 3 is 0.829 bits per heavy atom. The van der Waals surface area contributed by atoms with Crippen LogP contribution in [0.15, 0.2) is 48.5 Å². The first kappa shape index (κ1) is 35.2. The third-order valence-corrected chi connectivity index (χ3v) is 7.78. The van der Waals surface area contributed by atoms with Crippen LogP contribution in [0.3, 0.4) is 0 Å². The van der Waals surface area contributed by atoms with Crippen LogP contribution in [0.4, 0.5) is 0 Å². The quantitative estimate of drug-likeness (QED) is 0.0514. The maximum atomic E-state index is 3.48. The Morgan fingerprint density at radius 2 is 0.571 bits per heavy atom. The molecule has 0 heterocycles. The van der Waals surface area contributed by atoms with E-state index in [0.29, 0.717) is 0 Å². The predicted molar refractivity (Wildman–Crippen MR) is 162 cm³/mol. The molecule has 0 N–H and O–H groups in total. The topological polar surface area (TPSA) is 0 Å². The fourth-order valence-electron chi connectivity index (χ4n) is 4.48. The van der Waals surface area contributed by atoms with Gasteiger partial charge in [-0.1, -0.05) is 147 Å². The first-order chi connectivity index (χ1) is 16.9. The van der Waals surface area contributed by atoms with Crippen molar-refractivity contribution >= 4 is 31.9 Å². The molecule has 202 valence electrons. The van der Waals surface area contributed by atoms with Crippen LogP contribution in [0.25, 0.3) is 0 Å². The molecule has 2 rings (SSSR count). The largest absolute Gasteiger partial charge is 2.00 e. The van der Waals surface area contributed by atoms with Gasteiger partial charge in [0.25, 0.3) is 0 Å². The molecule has 0 radical (unpaired) electrons. The zero-order valence-electron chi connectivity index (χ0n) is 22.3. The molecule has 0 bridgehead atoms. The molecule has 0 unspecified atom stereocenters. The van der Waals surface area contributed by atoms with Crippen molar-refractivity contribution in [1.29, 1.82) is 0 Å². The Kier molecular flexibility index (Phi) is 28.9. The molecule has 35 heavy (non-hydrogen) atoms. The maximum Gasteiger partial charge on any atom is 2.00 e. The number of unbranched alkanes of at least 4 members (excludes halogenated alkanes) is 16. The van der Waals surface area contributed by atoms with Gasteiger partial charge >= 0.3 is 17.1 Å². The second-order valence-corrected chi connectivity index (χ2v) is 11.4. The van der Waals surface area contributed by atoms with Crippen molar-refractivity contribution in [2.75, 3.05) is 10.7 Å². The van der Waals surface area contributed by atoms with Crippen LogP contribution in [-0.4, -0.2) is 10.7 Å². The summed E-state index contributed by atoms with van der Waals surface area (Å²) in [5, 5.41) is 2.35. The normalized spacial score (nSPS) is 10.6. The monoisotopic (exact) mass is 650 g/mol. The standard InChI is InChI=1S/2C16H26Br.Fe/c2*17-15-11-7-5-3-1-2-4-6-8-12-16-13-9-10-14-16;/h2*9-10,13-14H,1-8,11-12,15H2;/q2*-1;+2. The molecule has 0 atom stereocenters. The second kappa shape index (κ2) is 28.7. The summed E-state index contributed by atoms with van der Waals surface area (Å²) in [5.74, 6) is 0. The average molecular weight is 652 g/mol. The van der Waals surface area contributed by atoms with Gasteiger partial charge in [-0.25, -0.2) is 24.3 Å². The van der Waals surface area contributed by atoms with Gasteiger partial charge in [0, 0.05) is 10.7 Å². The fourth-order valence-corrected chi connectivity index (χ4v) is 5.28. The SMILES string of the molecule is BrCCCCCCCCCCC[c-]1cccc1.BrCCCCCCCCCCC[c-]1cccc1.[Fe+2]. The second-order valence-electron chi connectivity index (χ2n) is 9.83. The summed E-state index contributed by atoms with van der Waals surface area (Å²) in [6.07, 6.45) is 28.0. The van der Waals surface area contributed by atoms with Crippen LogP contribution in [0.1, 0.15) is 127 Å². The zero-order valence-corrected chi connectivity index (χ0v) is 26.6. The molecule has 0 fully saturated rings. The van der Waals surface area contributed by atoms with Crippen LogP contribution in [0.5, 0.6) is 0 Å². The fraction of sp³-hybridized carbons (Fsp3) is 0.688. The first-order valence-corrected chi connectivity index (χ1v) is 16.6. The van der Waals surface area contributed by atoms with Crippen molar-refractivity contribution in [2.24, 2.45) is 0 Å². The van der Waals surface area contributed by atoms with Gasteiger partial charge in [0.05, 0.1) is 0 Å². The smallest absolute Gasteiger partial charge is 0.213 e. The van der Waals surface area contributed by atoms with Gasteiger partial charge in [0.1, 0.15) is 0 Å². The molecule has 0 nitrogen and oxygen atoms in total. The molecule has 0 spiro atoms. The molecular weight excluding hydrogens is 600 g/mol. The Balaban J connectivity index is 0.000000642. The molecule has 2 aromatic carbocycles. The minimum atomic E-state index is 0. The van der Waals surface area contributed by atoms with Crippen LogP contribution in [0, 0.1) is 0 Å². The summed E-state index contributed by atoms with van der Waals surface area (Å²) in [4.78, 5) is 0. The van der Waals surface area contributed by atoms with Crippen molar-refractivity contribution in [3.05, 3.63) is 59.7 Å². The molecule has 0 saturated carbocycles. The molecule has 0 aliphatic heterocycles. The van der Waals surface area contributed by atoms with E-state index in [9.17, 15) is 0 Å². The van der Waals surface area contributed by atoms with Crippen LogP contribution in [0.2, 0.25) is 0 Å². The Morgan fingerprint density at radius 1 is 0.343 bits per heavy atom. The summed E-state index contributed by atoms with van der Waals surface area (Å²) in [7, 11) is 0. The number of alkyl halides is 2. The number of aryl methyl sites for hydroxylation is 2. The predicted octanol–water partition coefficient (Wildman–Crippen LogP) is 11.7. The Bertz CT molecular complexity index is 537. The summed E-state index contributed by atoms with van der Waals surface area (Å²) in [5.41, 5.74) is 3.03. The van der Waals surface area contributed by atoms with E-state index >= 15 is 0 Å². The van der Waals surface area contributed by atoms with Crippen molar-refractivity contribution in [3.63, 3.8) is 0 Å². The van der Waals surface area contributed by atoms with Crippen molar-refractivity contribution in [3.8, 4) is 0 Å². The van der Waals surface area contributed by atoms with E-state index in [1.165, 1.54) is 150 Å². The van der Waals surface area contributed by atoms with Gasteiger partial charge in [-0.3, -0.25) is 0 Å². The van der Waals surface area contributed by atoms with E-state index in [1.54, 1.807) is 0 Å². The molecule has 0 amide bonds. The van der Waals surface area contributed by atoms with E-state index in [1.807, 2.05) is 0 Å². The van der Waals surface area contributed by atoms with Gasteiger partial charge in [-0.05, 0) is 12.8 Å². The summed E-state index contributed by atoms with van der Waals surface area (Å²) in [6.45, 7) is 0. The molecule has 3 heteroatoms. The van der Waals surface area contributed by atoms with Crippen molar-refractivity contribution in [1.82, 2.24) is 0 Å². The Hall–Kier alpha value is 0.179. The number of rotatable bonds is 22. The van der Waals surface area contributed by atoms with Gasteiger partial charge < -0.3 is 0 Å². The number of halogens is 2. The van der Waals surface area contributed by atoms with Crippen LogP contribution >= 0.6 is 31.9 Å². The van der Waals surface area contributed by atoms with Gasteiger partial charge in [0.15, 0.2) is 0 Å². The zero-order chi connectivity index (χ0) is 24.4. The molecule has 0 saturated heterocycles. The van der Waals surface area contributed by atoms with Crippen molar-refractivity contribution in [2.45, 2.75) is 128 Å². The van der Waals surface area contributed by atoms with E-state index in [4.69, 9.17) is 0 Å². The van der Waals surface area contributed by atoms with Gasteiger partial charge in [-0.15, -0.1) is 0 Å². The summed E-state index contributed by atoms with van der Waals surface area (Å²) in [6, 6.07) is 17.5. The minimum Gasteiger partial charge on any atom is -0.213 e. The third kappa shape index (κ3) is 24.3. The first-order valence-electron chi connectivity index (χ1n) is 14.4. The summed E-state index contributed by atoms with van der Waals surface area (Å²) >= 11 is 6.95. The van der Waals surface area contributed by atoms with Crippen LogP contribution < -0.4 is 0 Å². The van der Waals surface area contributed by atoms with Crippen molar-refractivity contribution < 1.29 is 17.1 Å². The Labute approximate surface area is 246 Å². The molecule has 0 aliphatic rings. The van der Waals surface area contributed by atoms with Gasteiger partial charge in [-0.2, -0.15) is 35.4 Å². The third-order valence-electron chi connectivity index (χ3n) is 6.66. The van der Waals surface area contributed by atoms with E-state index < -0.39 is 0 Å². The molecule has 0 aliphatic carbocycles. The van der Waals surface area contributed by atoms with Crippen LogP contribution in [-0.2, 0) is 29.9 Å². The van der Waals surface area contributed by atoms with Gasteiger partial charge in [0.2, 0.25) is 0 Å². The van der Waals surface area contributed by atoms with E-state index in [0.717, 1.165) is 0 Å². The minimum absolute atomic E-state index is 0.